The number of ether oxygens (including phenoxy) is 2. The quantitative estimate of drug-likeness (QED) is 0.532. The highest BCUT2D eigenvalue weighted by Crippen LogP contribution is 2.23. The van der Waals surface area contributed by atoms with Crippen LogP contribution in [-0.4, -0.2) is 60.3 Å². The molecule has 0 saturated carbocycles. The van der Waals surface area contributed by atoms with E-state index in [0.717, 1.165) is 30.0 Å². The van der Waals surface area contributed by atoms with Crippen LogP contribution in [0.2, 0.25) is 0 Å². The molecular weight excluding hydrogens is 362 g/mol. The molecule has 0 saturated heterocycles. The number of hydrogen-bond acceptors (Lipinski definition) is 7. The van der Waals surface area contributed by atoms with Crippen LogP contribution in [0.3, 0.4) is 0 Å². The van der Waals surface area contributed by atoms with E-state index in [0.29, 0.717) is 30.7 Å². The van der Waals surface area contributed by atoms with E-state index >= 15 is 0 Å². The predicted molar refractivity (Wildman–Crippen MR) is 110 cm³/mol. The summed E-state index contributed by atoms with van der Waals surface area (Å²) in [7, 11) is 4.12. The Kier molecular flexibility index (Phi) is 8.60. The fourth-order valence-corrected chi connectivity index (χ4v) is 2.90. The molecule has 0 radical (unpaired) electrons. The maximum Gasteiger partial charge on any atom is 0.247 e. The predicted octanol–water partition coefficient (Wildman–Crippen LogP) is 4.12. The third-order valence-electron chi connectivity index (χ3n) is 3.57. The van der Waals surface area contributed by atoms with Crippen LogP contribution in [-0.2, 0) is 10.5 Å². The van der Waals surface area contributed by atoms with E-state index in [9.17, 15) is 0 Å². The topological polar surface area (TPSA) is 60.6 Å². The van der Waals surface area contributed by atoms with Gasteiger partial charge < -0.3 is 18.8 Å². The molecular formula is C20H31N3O3S. The highest BCUT2D eigenvalue weighted by Gasteiger charge is 2.11. The summed E-state index contributed by atoms with van der Waals surface area (Å²) >= 11 is 1.73. The van der Waals surface area contributed by atoms with E-state index in [1.54, 1.807) is 11.8 Å². The summed E-state index contributed by atoms with van der Waals surface area (Å²) in [5.41, 5.74) is 0.802. The van der Waals surface area contributed by atoms with Gasteiger partial charge in [0.1, 0.15) is 5.75 Å². The average molecular weight is 394 g/mol. The largest absolute Gasteiger partial charge is 0.494 e. The van der Waals surface area contributed by atoms with Crippen molar-refractivity contribution in [1.29, 1.82) is 0 Å². The molecule has 0 aliphatic rings. The summed E-state index contributed by atoms with van der Waals surface area (Å²) < 4.78 is 17.2. The van der Waals surface area contributed by atoms with E-state index in [1.807, 2.05) is 24.3 Å². The van der Waals surface area contributed by atoms with Crippen LogP contribution in [0.25, 0.3) is 11.5 Å². The Hall–Kier alpha value is -1.57. The van der Waals surface area contributed by atoms with Gasteiger partial charge in [0.2, 0.25) is 11.8 Å². The normalized spacial score (nSPS) is 11.9. The van der Waals surface area contributed by atoms with Crippen molar-refractivity contribution in [3.8, 4) is 17.2 Å². The van der Waals surface area contributed by atoms with Crippen LogP contribution in [0.1, 0.15) is 33.1 Å². The number of benzene rings is 1. The standard InChI is InChI=1S/C20H31N3O3S/c1-20(2,3)25-13-14-27-15-18-21-22-19(26-18)16-7-9-17(10-8-16)24-12-6-11-23(4)5/h7-10H,6,11-15H2,1-5H3. The summed E-state index contributed by atoms with van der Waals surface area (Å²) in [6, 6.07) is 7.77. The Morgan fingerprint density at radius 1 is 1.07 bits per heavy atom. The van der Waals surface area contributed by atoms with Gasteiger partial charge >= 0.3 is 0 Å². The van der Waals surface area contributed by atoms with E-state index < -0.39 is 0 Å². The van der Waals surface area contributed by atoms with Crippen molar-refractivity contribution < 1.29 is 13.9 Å². The fraction of sp³-hybridized carbons (Fsp3) is 0.600. The minimum atomic E-state index is -0.0968. The second-order valence-electron chi connectivity index (χ2n) is 7.54. The molecule has 150 valence electrons. The van der Waals surface area contributed by atoms with Gasteiger partial charge in [-0.15, -0.1) is 22.0 Å². The second-order valence-corrected chi connectivity index (χ2v) is 8.65. The summed E-state index contributed by atoms with van der Waals surface area (Å²) in [5.74, 6) is 3.61. The molecule has 27 heavy (non-hydrogen) atoms. The zero-order valence-corrected chi connectivity index (χ0v) is 17.8. The van der Waals surface area contributed by atoms with Gasteiger partial charge in [0.15, 0.2) is 0 Å². The first-order valence-corrected chi connectivity index (χ1v) is 10.4. The Bertz CT molecular complexity index is 666. The van der Waals surface area contributed by atoms with Gasteiger partial charge in [-0.25, -0.2) is 0 Å². The number of thioether (sulfide) groups is 1. The van der Waals surface area contributed by atoms with E-state index in [4.69, 9.17) is 13.9 Å². The highest BCUT2D eigenvalue weighted by molar-refractivity contribution is 7.98. The zero-order valence-electron chi connectivity index (χ0n) is 17.0. The summed E-state index contributed by atoms with van der Waals surface area (Å²) in [5, 5.41) is 8.27. The van der Waals surface area contributed by atoms with Gasteiger partial charge in [-0.2, -0.15) is 0 Å². The third kappa shape index (κ3) is 8.77. The molecule has 0 aliphatic carbocycles. The van der Waals surface area contributed by atoms with Crippen LogP contribution in [0.4, 0.5) is 0 Å². The lowest BCUT2D eigenvalue weighted by Gasteiger charge is -2.18. The molecule has 0 bridgehead atoms. The van der Waals surface area contributed by atoms with Crippen molar-refractivity contribution in [1.82, 2.24) is 15.1 Å². The highest BCUT2D eigenvalue weighted by atomic mass is 32.2. The molecule has 7 heteroatoms. The molecule has 0 fully saturated rings. The number of rotatable bonds is 11. The molecule has 0 aliphatic heterocycles. The molecule has 0 unspecified atom stereocenters. The van der Waals surface area contributed by atoms with Crippen molar-refractivity contribution in [3.63, 3.8) is 0 Å². The maximum atomic E-state index is 5.75. The van der Waals surface area contributed by atoms with Crippen LogP contribution in [0, 0.1) is 0 Å². The molecule has 0 atom stereocenters. The van der Waals surface area contributed by atoms with Gasteiger partial charge in [0.25, 0.3) is 0 Å². The first kappa shape index (κ1) is 21.7. The van der Waals surface area contributed by atoms with Crippen LogP contribution in [0.15, 0.2) is 28.7 Å². The molecule has 6 nitrogen and oxygen atoms in total. The second kappa shape index (κ2) is 10.7. The lowest BCUT2D eigenvalue weighted by Crippen LogP contribution is -2.20. The lowest BCUT2D eigenvalue weighted by atomic mass is 10.2. The Labute approximate surface area is 166 Å². The Morgan fingerprint density at radius 2 is 1.81 bits per heavy atom. The minimum Gasteiger partial charge on any atom is -0.494 e. The first-order valence-electron chi connectivity index (χ1n) is 9.25. The summed E-state index contributed by atoms with van der Waals surface area (Å²) in [4.78, 5) is 2.15. The average Bonchev–Trinajstić information content (AvgIpc) is 3.07. The monoisotopic (exact) mass is 393 g/mol. The molecule has 0 spiro atoms. The van der Waals surface area contributed by atoms with E-state index in [1.165, 1.54) is 0 Å². The molecule has 2 rings (SSSR count). The van der Waals surface area contributed by atoms with Crippen molar-refractivity contribution in [2.75, 3.05) is 39.6 Å². The van der Waals surface area contributed by atoms with Gasteiger partial charge in [0.05, 0.1) is 24.6 Å². The molecule has 0 N–H and O–H groups in total. The maximum absolute atomic E-state index is 5.75. The molecule has 1 aromatic carbocycles. The van der Waals surface area contributed by atoms with Gasteiger partial charge in [-0.05, 0) is 65.6 Å². The molecule has 1 heterocycles. The third-order valence-corrected chi connectivity index (χ3v) is 4.48. The molecule has 1 aromatic heterocycles. The fourth-order valence-electron chi connectivity index (χ4n) is 2.26. The van der Waals surface area contributed by atoms with Crippen LogP contribution in [0.5, 0.6) is 5.75 Å². The van der Waals surface area contributed by atoms with Crippen molar-refractivity contribution in [2.45, 2.75) is 38.5 Å². The minimum absolute atomic E-state index is 0.0968. The van der Waals surface area contributed by atoms with Crippen molar-refractivity contribution in [3.05, 3.63) is 30.2 Å². The van der Waals surface area contributed by atoms with Gasteiger partial charge in [-0.3, -0.25) is 0 Å². The van der Waals surface area contributed by atoms with Gasteiger partial charge in [-0.1, -0.05) is 0 Å². The van der Waals surface area contributed by atoms with Gasteiger partial charge in [0, 0.05) is 17.9 Å². The number of nitrogens with zero attached hydrogens (tertiary/aromatic N) is 3. The van der Waals surface area contributed by atoms with Crippen molar-refractivity contribution in [2.24, 2.45) is 0 Å². The smallest absolute Gasteiger partial charge is 0.247 e. The molecule has 2 aromatic rings. The summed E-state index contributed by atoms with van der Waals surface area (Å²) in [6.45, 7) is 8.61. The number of hydrogen-bond donors (Lipinski definition) is 0. The zero-order chi connectivity index (χ0) is 19.7. The van der Waals surface area contributed by atoms with E-state index in [2.05, 4.69) is 50.0 Å². The number of aromatic nitrogens is 2. The Balaban J connectivity index is 1.75. The molecule has 0 amide bonds. The van der Waals surface area contributed by atoms with E-state index in [-0.39, 0.29) is 5.60 Å². The van der Waals surface area contributed by atoms with Crippen molar-refractivity contribution >= 4 is 11.8 Å². The Morgan fingerprint density at radius 3 is 2.48 bits per heavy atom. The SMILES string of the molecule is CN(C)CCCOc1ccc(-c2nnc(CSCCOC(C)(C)C)o2)cc1. The summed E-state index contributed by atoms with van der Waals surface area (Å²) in [6.07, 6.45) is 1.00. The first-order chi connectivity index (χ1) is 12.8. The lowest BCUT2D eigenvalue weighted by molar-refractivity contribution is 0.00694. The van der Waals surface area contributed by atoms with Crippen LogP contribution < -0.4 is 4.74 Å². The van der Waals surface area contributed by atoms with Crippen LogP contribution >= 0.6 is 11.8 Å².